The van der Waals surface area contributed by atoms with Crippen LogP contribution in [0.5, 0.6) is 0 Å². The standard InChI is InChI=1S/C15H18Cl2N2O2/c1-9-8-19(3)10(2)6-14(9)18-21-15(20)11-4-5-12(16)13(17)7-11/h4-5,7,9-10H,6,8H2,1-3H3/p+1/b18-14-/t9-,10-/m1/s1. The Morgan fingerprint density at radius 1 is 1.33 bits per heavy atom. The van der Waals surface area contributed by atoms with Crippen molar-refractivity contribution in [3.05, 3.63) is 33.8 Å². The summed E-state index contributed by atoms with van der Waals surface area (Å²) in [6, 6.07) is 5.10. The number of likely N-dealkylation sites (tertiary alicyclic amines) is 1. The van der Waals surface area contributed by atoms with Crippen LogP contribution in [-0.4, -0.2) is 31.3 Å². The molecule has 6 heteroatoms. The molecule has 1 heterocycles. The van der Waals surface area contributed by atoms with Crippen molar-refractivity contribution in [2.75, 3.05) is 13.6 Å². The highest BCUT2D eigenvalue weighted by molar-refractivity contribution is 6.42. The number of piperidine rings is 1. The maximum absolute atomic E-state index is 12.0. The third-order valence-electron chi connectivity index (χ3n) is 3.95. The molecule has 1 saturated heterocycles. The van der Waals surface area contributed by atoms with E-state index in [1.54, 1.807) is 12.1 Å². The van der Waals surface area contributed by atoms with Crippen molar-refractivity contribution in [1.29, 1.82) is 0 Å². The van der Waals surface area contributed by atoms with Gasteiger partial charge in [-0.25, -0.2) is 4.79 Å². The van der Waals surface area contributed by atoms with Crippen molar-refractivity contribution in [1.82, 2.24) is 0 Å². The molecule has 3 atom stereocenters. The van der Waals surface area contributed by atoms with E-state index in [0.717, 1.165) is 18.7 Å². The molecular weight excluding hydrogens is 311 g/mol. The average molecular weight is 330 g/mol. The number of carbonyl (C=O) groups excluding carboxylic acids is 1. The van der Waals surface area contributed by atoms with Gasteiger partial charge in [0.05, 0.1) is 41.0 Å². The molecule has 114 valence electrons. The molecule has 0 aromatic heterocycles. The number of halogens is 2. The Kier molecular flexibility index (Phi) is 5.25. The van der Waals surface area contributed by atoms with Gasteiger partial charge < -0.3 is 9.74 Å². The number of carbonyl (C=O) groups is 1. The van der Waals surface area contributed by atoms with Crippen LogP contribution in [0.25, 0.3) is 0 Å². The van der Waals surface area contributed by atoms with Gasteiger partial charge in [0.15, 0.2) is 0 Å². The van der Waals surface area contributed by atoms with Gasteiger partial charge in [0.25, 0.3) is 0 Å². The Hall–Kier alpha value is -1.10. The number of hydrogen-bond acceptors (Lipinski definition) is 3. The highest BCUT2D eigenvalue weighted by atomic mass is 35.5. The number of quaternary nitrogens is 1. The van der Waals surface area contributed by atoms with Gasteiger partial charge in [0, 0.05) is 12.3 Å². The number of hydrogen-bond donors (Lipinski definition) is 1. The minimum atomic E-state index is -0.521. The lowest BCUT2D eigenvalue weighted by atomic mass is 9.93. The van der Waals surface area contributed by atoms with Gasteiger partial charge >= 0.3 is 5.97 Å². The summed E-state index contributed by atoms with van der Waals surface area (Å²) in [5.74, 6) is -0.213. The van der Waals surface area contributed by atoms with E-state index in [9.17, 15) is 4.79 Å². The zero-order valence-corrected chi connectivity index (χ0v) is 13.8. The van der Waals surface area contributed by atoms with Crippen molar-refractivity contribution in [3.8, 4) is 0 Å². The summed E-state index contributed by atoms with van der Waals surface area (Å²) in [6.07, 6.45) is 0.835. The van der Waals surface area contributed by atoms with E-state index in [4.69, 9.17) is 28.0 Å². The predicted molar refractivity (Wildman–Crippen MR) is 84.3 cm³/mol. The van der Waals surface area contributed by atoms with Crippen LogP contribution in [0.1, 0.15) is 30.6 Å². The summed E-state index contributed by atoms with van der Waals surface area (Å²) < 4.78 is 0. The average Bonchev–Trinajstić information content (AvgIpc) is 2.44. The number of rotatable bonds is 2. The largest absolute Gasteiger partial charge is 0.365 e. The third-order valence-corrected chi connectivity index (χ3v) is 4.69. The molecule has 0 radical (unpaired) electrons. The van der Waals surface area contributed by atoms with Gasteiger partial charge in [-0.15, -0.1) is 0 Å². The lowest BCUT2D eigenvalue weighted by Gasteiger charge is -2.31. The van der Waals surface area contributed by atoms with Crippen LogP contribution < -0.4 is 4.90 Å². The van der Waals surface area contributed by atoms with Crippen LogP contribution in [0.4, 0.5) is 0 Å². The lowest BCUT2D eigenvalue weighted by Crippen LogP contribution is -3.14. The summed E-state index contributed by atoms with van der Waals surface area (Å²) in [4.78, 5) is 18.5. The van der Waals surface area contributed by atoms with E-state index in [2.05, 4.69) is 26.1 Å². The van der Waals surface area contributed by atoms with Crippen molar-refractivity contribution >= 4 is 34.9 Å². The molecule has 0 bridgehead atoms. The quantitative estimate of drug-likeness (QED) is 0.669. The van der Waals surface area contributed by atoms with E-state index in [0.29, 0.717) is 27.6 Å². The highest BCUT2D eigenvalue weighted by Gasteiger charge is 2.29. The Bertz CT molecular complexity index is 575. The molecule has 1 N–H and O–H groups in total. The monoisotopic (exact) mass is 329 g/mol. The summed E-state index contributed by atoms with van der Waals surface area (Å²) in [7, 11) is 2.17. The van der Waals surface area contributed by atoms with Gasteiger partial charge in [-0.05, 0) is 25.1 Å². The lowest BCUT2D eigenvalue weighted by molar-refractivity contribution is -0.908. The highest BCUT2D eigenvalue weighted by Crippen LogP contribution is 2.23. The molecule has 1 aliphatic rings. The maximum Gasteiger partial charge on any atom is 0.365 e. The van der Waals surface area contributed by atoms with Gasteiger partial charge in [0.2, 0.25) is 0 Å². The zero-order valence-electron chi connectivity index (χ0n) is 12.3. The Morgan fingerprint density at radius 3 is 2.71 bits per heavy atom. The summed E-state index contributed by atoms with van der Waals surface area (Å²) in [5.41, 5.74) is 1.27. The first kappa shape index (κ1) is 16.3. The van der Waals surface area contributed by atoms with Crippen LogP contribution in [0, 0.1) is 5.92 Å². The molecule has 1 unspecified atom stereocenters. The van der Waals surface area contributed by atoms with E-state index in [-0.39, 0.29) is 0 Å². The molecule has 1 aromatic carbocycles. The Balaban J connectivity index is 2.05. The molecule has 4 nitrogen and oxygen atoms in total. The zero-order chi connectivity index (χ0) is 15.6. The molecule has 0 spiro atoms. The molecule has 1 aromatic rings. The van der Waals surface area contributed by atoms with Crippen molar-refractivity contribution in [2.45, 2.75) is 26.3 Å². The fourth-order valence-corrected chi connectivity index (χ4v) is 2.69. The summed E-state index contributed by atoms with van der Waals surface area (Å²) in [5, 5.41) is 4.78. The first-order chi connectivity index (χ1) is 9.88. The first-order valence-electron chi connectivity index (χ1n) is 6.94. The SMILES string of the molecule is C[C@@H]1C[NH+](C)[C@H](C)C/C1=N/OC(=O)c1ccc(Cl)c(Cl)c1. The van der Waals surface area contributed by atoms with Crippen LogP contribution in [0.2, 0.25) is 10.0 Å². The van der Waals surface area contributed by atoms with Crippen LogP contribution in [0.3, 0.4) is 0 Å². The van der Waals surface area contributed by atoms with Crippen LogP contribution in [0.15, 0.2) is 23.4 Å². The van der Waals surface area contributed by atoms with Gasteiger partial charge in [0.1, 0.15) is 0 Å². The van der Waals surface area contributed by atoms with Gasteiger partial charge in [-0.3, -0.25) is 0 Å². The molecule has 1 aliphatic heterocycles. The minimum Gasteiger partial charge on any atom is -0.334 e. The molecule has 1 fully saturated rings. The second-order valence-electron chi connectivity index (χ2n) is 5.65. The first-order valence-corrected chi connectivity index (χ1v) is 7.69. The van der Waals surface area contributed by atoms with Crippen molar-refractivity contribution in [3.63, 3.8) is 0 Å². The van der Waals surface area contributed by atoms with E-state index in [1.807, 2.05) is 0 Å². The normalized spacial score (nSPS) is 27.7. The number of benzene rings is 1. The fourth-order valence-electron chi connectivity index (χ4n) is 2.39. The van der Waals surface area contributed by atoms with Gasteiger partial charge in [-0.1, -0.05) is 35.3 Å². The molecule has 2 rings (SSSR count). The third kappa shape index (κ3) is 3.96. The van der Waals surface area contributed by atoms with E-state index < -0.39 is 5.97 Å². The van der Waals surface area contributed by atoms with E-state index in [1.165, 1.54) is 11.0 Å². The molecule has 0 aliphatic carbocycles. The predicted octanol–water partition coefficient (Wildman–Crippen LogP) is 2.45. The van der Waals surface area contributed by atoms with Crippen LogP contribution in [-0.2, 0) is 4.84 Å². The van der Waals surface area contributed by atoms with E-state index >= 15 is 0 Å². The van der Waals surface area contributed by atoms with Crippen molar-refractivity contribution in [2.24, 2.45) is 11.1 Å². The smallest absolute Gasteiger partial charge is 0.334 e. The molecular formula is C15H19Cl2N2O2+. The number of oxime groups is 1. The number of nitrogens with zero attached hydrogens (tertiary/aromatic N) is 1. The molecule has 0 saturated carbocycles. The Morgan fingerprint density at radius 2 is 2.05 bits per heavy atom. The fraction of sp³-hybridized carbons (Fsp3) is 0.467. The maximum atomic E-state index is 12.0. The second-order valence-corrected chi connectivity index (χ2v) is 6.46. The number of nitrogens with one attached hydrogen (secondary N) is 1. The van der Waals surface area contributed by atoms with Gasteiger partial charge in [-0.2, -0.15) is 0 Å². The van der Waals surface area contributed by atoms with Crippen LogP contribution >= 0.6 is 23.2 Å². The second kappa shape index (κ2) is 6.77. The molecule has 21 heavy (non-hydrogen) atoms. The van der Waals surface area contributed by atoms with Crippen molar-refractivity contribution < 1.29 is 14.5 Å². The Labute approximate surface area is 134 Å². The molecule has 0 amide bonds. The minimum absolute atomic E-state index is 0.308. The summed E-state index contributed by atoms with van der Waals surface area (Å²) in [6.45, 7) is 5.25. The summed E-state index contributed by atoms with van der Waals surface area (Å²) >= 11 is 11.7. The topological polar surface area (TPSA) is 43.1 Å².